The molecule has 3 aromatic rings. The number of carbonyl (C=O) groups excluding carboxylic acids is 3. The van der Waals surface area contributed by atoms with Gasteiger partial charge < -0.3 is 24.8 Å². The number of carbonyl (C=O) groups is 3. The van der Waals surface area contributed by atoms with Crippen molar-refractivity contribution in [2.45, 2.75) is 26.4 Å². The highest BCUT2D eigenvalue weighted by Crippen LogP contribution is 2.16. The number of rotatable bonds is 12. The zero-order valence-electron chi connectivity index (χ0n) is 20.4. The van der Waals surface area contributed by atoms with E-state index in [-0.39, 0.29) is 25.0 Å². The van der Waals surface area contributed by atoms with E-state index in [1.807, 2.05) is 0 Å². The molecule has 3 aromatic carbocycles. The van der Waals surface area contributed by atoms with E-state index < -0.39 is 5.97 Å². The smallest absolute Gasteiger partial charge is 0.325 e. The van der Waals surface area contributed by atoms with Crippen LogP contribution in [-0.2, 0) is 16.1 Å². The molecule has 36 heavy (non-hydrogen) atoms. The van der Waals surface area contributed by atoms with E-state index in [0.717, 1.165) is 12.8 Å². The minimum Gasteiger partial charge on any atom is -0.497 e. The molecule has 8 nitrogen and oxygen atoms in total. The van der Waals surface area contributed by atoms with Crippen LogP contribution in [0.1, 0.15) is 46.0 Å². The topological polar surface area (TPSA) is 103 Å². The second-order valence-electron chi connectivity index (χ2n) is 7.95. The fourth-order valence-corrected chi connectivity index (χ4v) is 3.14. The van der Waals surface area contributed by atoms with E-state index >= 15 is 0 Å². The Hall–Kier alpha value is -4.33. The first kappa shape index (κ1) is 26.3. The second-order valence-corrected chi connectivity index (χ2v) is 7.95. The van der Waals surface area contributed by atoms with Gasteiger partial charge in [-0.2, -0.15) is 0 Å². The Kier molecular flexibility index (Phi) is 9.88. The zero-order valence-corrected chi connectivity index (χ0v) is 20.4. The molecular weight excluding hydrogens is 460 g/mol. The third kappa shape index (κ3) is 8.16. The summed E-state index contributed by atoms with van der Waals surface area (Å²) in [7, 11) is 1.58. The van der Waals surface area contributed by atoms with Gasteiger partial charge in [-0.1, -0.05) is 25.5 Å². The molecule has 0 aliphatic heterocycles. The SMILES string of the molecule is CCCCOc1ccc(C(=O)NCC(=O)OCc2ccc(C(=O)Nc3ccc(OC)cc3)cc2)cc1. The van der Waals surface area contributed by atoms with Crippen molar-refractivity contribution in [1.29, 1.82) is 0 Å². The molecule has 0 saturated carbocycles. The van der Waals surface area contributed by atoms with E-state index in [4.69, 9.17) is 14.2 Å². The van der Waals surface area contributed by atoms with Crippen LogP contribution in [0.25, 0.3) is 0 Å². The Morgan fingerprint density at radius 2 is 1.39 bits per heavy atom. The van der Waals surface area contributed by atoms with Crippen LogP contribution in [0.2, 0.25) is 0 Å². The maximum absolute atomic E-state index is 12.4. The van der Waals surface area contributed by atoms with Gasteiger partial charge in [0.2, 0.25) is 0 Å². The second kappa shape index (κ2) is 13.5. The predicted molar refractivity (Wildman–Crippen MR) is 136 cm³/mol. The third-order valence-corrected chi connectivity index (χ3v) is 5.24. The largest absolute Gasteiger partial charge is 0.497 e. The number of ether oxygens (including phenoxy) is 3. The number of methoxy groups -OCH3 is 1. The highest BCUT2D eigenvalue weighted by molar-refractivity contribution is 6.04. The Labute approximate surface area is 210 Å². The number of hydrogen-bond acceptors (Lipinski definition) is 6. The van der Waals surface area contributed by atoms with E-state index in [1.165, 1.54) is 0 Å². The van der Waals surface area contributed by atoms with Gasteiger partial charge in [-0.3, -0.25) is 14.4 Å². The standard InChI is InChI=1S/C28H30N2O6/c1-3-4-17-35-25-13-9-21(10-14-25)27(32)29-18-26(31)36-19-20-5-7-22(8-6-20)28(33)30-23-11-15-24(34-2)16-12-23/h5-16H,3-4,17-19H2,1-2H3,(H,29,32)(H,30,33). The van der Waals surface area contributed by atoms with Crippen molar-refractivity contribution in [1.82, 2.24) is 5.32 Å². The minimum absolute atomic E-state index is 0.0267. The summed E-state index contributed by atoms with van der Waals surface area (Å²) >= 11 is 0. The molecular formula is C28H30N2O6. The monoisotopic (exact) mass is 490 g/mol. The summed E-state index contributed by atoms with van der Waals surface area (Å²) in [6, 6.07) is 20.5. The summed E-state index contributed by atoms with van der Waals surface area (Å²) in [4.78, 5) is 36.7. The van der Waals surface area contributed by atoms with Crippen molar-refractivity contribution >= 4 is 23.5 Å². The highest BCUT2D eigenvalue weighted by Gasteiger charge is 2.11. The number of hydrogen-bond donors (Lipinski definition) is 2. The minimum atomic E-state index is -0.566. The molecule has 8 heteroatoms. The predicted octanol–water partition coefficient (Wildman–Crippen LogP) is 4.60. The normalized spacial score (nSPS) is 10.3. The lowest BCUT2D eigenvalue weighted by Crippen LogP contribution is -2.30. The van der Waals surface area contributed by atoms with Gasteiger partial charge in [-0.05, 0) is 72.6 Å². The van der Waals surface area contributed by atoms with Gasteiger partial charge in [0.1, 0.15) is 24.7 Å². The summed E-state index contributed by atoms with van der Waals surface area (Å²) in [5, 5.41) is 5.35. The van der Waals surface area contributed by atoms with Gasteiger partial charge in [-0.15, -0.1) is 0 Å². The van der Waals surface area contributed by atoms with Gasteiger partial charge >= 0.3 is 5.97 Å². The summed E-state index contributed by atoms with van der Waals surface area (Å²) in [6.07, 6.45) is 2.01. The molecule has 3 rings (SSSR count). The molecule has 0 aliphatic carbocycles. The molecule has 0 saturated heterocycles. The molecule has 2 amide bonds. The number of esters is 1. The number of unbranched alkanes of at least 4 members (excludes halogenated alkanes) is 1. The summed E-state index contributed by atoms with van der Waals surface area (Å²) in [6.45, 7) is 2.49. The Morgan fingerprint density at radius 1 is 0.778 bits per heavy atom. The summed E-state index contributed by atoms with van der Waals surface area (Å²) in [5.74, 6) is 0.201. The number of benzene rings is 3. The van der Waals surface area contributed by atoms with Crippen LogP contribution in [0.15, 0.2) is 72.8 Å². The fourth-order valence-electron chi connectivity index (χ4n) is 3.14. The Balaban J connectivity index is 1.40. The number of nitrogens with one attached hydrogen (secondary N) is 2. The van der Waals surface area contributed by atoms with Crippen LogP contribution in [0.5, 0.6) is 11.5 Å². The molecule has 0 bridgehead atoms. The van der Waals surface area contributed by atoms with Gasteiger partial charge in [0, 0.05) is 16.8 Å². The van der Waals surface area contributed by atoms with E-state index in [0.29, 0.717) is 40.5 Å². The lowest BCUT2D eigenvalue weighted by atomic mass is 10.1. The van der Waals surface area contributed by atoms with Crippen molar-refractivity contribution in [2.24, 2.45) is 0 Å². The van der Waals surface area contributed by atoms with Crippen LogP contribution in [-0.4, -0.2) is 38.0 Å². The molecule has 0 aromatic heterocycles. The first-order chi connectivity index (χ1) is 17.5. The lowest BCUT2D eigenvalue weighted by Gasteiger charge is -2.09. The number of anilines is 1. The average molecular weight is 491 g/mol. The average Bonchev–Trinajstić information content (AvgIpc) is 2.91. The molecule has 188 valence electrons. The molecule has 0 atom stereocenters. The molecule has 0 unspecified atom stereocenters. The molecule has 0 radical (unpaired) electrons. The Morgan fingerprint density at radius 3 is 2.03 bits per heavy atom. The van der Waals surface area contributed by atoms with Crippen LogP contribution in [0, 0.1) is 0 Å². The van der Waals surface area contributed by atoms with Crippen molar-refractivity contribution in [2.75, 3.05) is 25.6 Å². The van der Waals surface area contributed by atoms with E-state index in [1.54, 1.807) is 79.9 Å². The maximum Gasteiger partial charge on any atom is 0.325 e. The zero-order chi connectivity index (χ0) is 25.8. The fraction of sp³-hybridized carbons (Fsp3) is 0.250. The molecule has 0 aliphatic rings. The maximum atomic E-state index is 12.4. The molecule has 0 fully saturated rings. The Bertz CT molecular complexity index is 1140. The van der Waals surface area contributed by atoms with Gasteiger partial charge in [-0.25, -0.2) is 0 Å². The molecule has 0 heterocycles. The third-order valence-electron chi connectivity index (χ3n) is 5.24. The van der Waals surface area contributed by atoms with E-state index in [2.05, 4.69) is 17.6 Å². The van der Waals surface area contributed by atoms with Crippen molar-refractivity contribution in [3.05, 3.63) is 89.5 Å². The lowest BCUT2D eigenvalue weighted by molar-refractivity contribution is -0.143. The van der Waals surface area contributed by atoms with Crippen molar-refractivity contribution in [3.8, 4) is 11.5 Å². The number of amides is 2. The van der Waals surface area contributed by atoms with Crippen LogP contribution in [0.3, 0.4) is 0 Å². The van der Waals surface area contributed by atoms with Gasteiger partial charge in [0.05, 0.1) is 13.7 Å². The van der Waals surface area contributed by atoms with Crippen LogP contribution in [0.4, 0.5) is 5.69 Å². The van der Waals surface area contributed by atoms with Gasteiger partial charge in [0.25, 0.3) is 11.8 Å². The van der Waals surface area contributed by atoms with Crippen LogP contribution < -0.4 is 20.1 Å². The molecule has 0 spiro atoms. The van der Waals surface area contributed by atoms with Crippen molar-refractivity contribution in [3.63, 3.8) is 0 Å². The highest BCUT2D eigenvalue weighted by atomic mass is 16.5. The molecule has 2 N–H and O–H groups in total. The first-order valence-electron chi connectivity index (χ1n) is 11.7. The van der Waals surface area contributed by atoms with Crippen molar-refractivity contribution < 1.29 is 28.6 Å². The summed E-state index contributed by atoms with van der Waals surface area (Å²) in [5.41, 5.74) is 2.26. The van der Waals surface area contributed by atoms with Gasteiger partial charge in [0.15, 0.2) is 0 Å². The van der Waals surface area contributed by atoms with Crippen LogP contribution >= 0.6 is 0 Å². The first-order valence-corrected chi connectivity index (χ1v) is 11.7. The quantitative estimate of drug-likeness (QED) is 0.284. The summed E-state index contributed by atoms with van der Waals surface area (Å²) < 4.78 is 15.9. The van der Waals surface area contributed by atoms with E-state index in [9.17, 15) is 14.4 Å².